The number of carbonyl (C=O) groups excluding carboxylic acids is 1. The summed E-state index contributed by atoms with van der Waals surface area (Å²) in [5.41, 5.74) is 0.941. The fraction of sp³-hybridized carbons (Fsp3) is 0.188. The van der Waals surface area contributed by atoms with Crippen molar-refractivity contribution < 1.29 is 13.9 Å². The number of hydrogen-bond donors (Lipinski definition) is 1. The van der Waals surface area contributed by atoms with Gasteiger partial charge in [0.1, 0.15) is 5.82 Å². The number of halogens is 3. The van der Waals surface area contributed by atoms with E-state index in [0.717, 1.165) is 5.56 Å². The zero-order valence-electron chi connectivity index (χ0n) is 11.6. The summed E-state index contributed by atoms with van der Waals surface area (Å²) in [5, 5.41) is 3.42. The summed E-state index contributed by atoms with van der Waals surface area (Å²) in [6.45, 7) is 0.261. The van der Waals surface area contributed by atoms with E-state index < -0.39 is 0 Å². The first kappa shape index (κ1) is 16.6. The molecule has 0 fully saturated rings. The van der Waals surface area contributed by atoms with Crippen molar-refractivity contribution in [2.75, 3.05) is 13.2 Å². The van der Waals surface area contributed by atoms with Gasteiger partial charge in [-0.3, -0.25) is 4.79 Å². The molecule has 0 saturated carbocycles. The van der Waals surface area contributed by atoms with Crippen molar-refractivity contribution in [2.45, 2.75) is 6.42 Å². The van der Waals surface area contributed by atoms with E-state index in [1.165, 1.54) is 12.1 Å². The maximum absolute atomic E-state index is 12.8. The molecule has 0 radical (unpaired) electrons. The van der Waals surface area contributed by atoms with Crippen LogP contribution in [0.4, 0.5) is 4.39 Å². The number of rotatable bonds is 6. The maximum atomic E-state index is 12.8. The SMILES string of the molecule is O=C(COc1c(Cl)cccc1Cl)NCCc1ccc(F)cc1. The van der Waals surface area contributed by atoms with E-state index in [4.69, 9.17) is 27.9 Å². The molecule has 0 aliphatic rings. The molecule has 0 unspecified atom stereocenters. The van der Waals surface area contributed by atoms with E-state index in [0.29, 0.717) is 28.8 Å². The van der Waals surface area contributed by atoms with Gasteiger partial charge in [-0.15, -0.1) is 0 Å². The fourth-order valence-corrected chi connectivity index (χ4v) is 2.31. The molecule has 3 nitrogen and oxygen atoms in total. The zero-order valence-corrected chi connectivity index (χ0v) is 13.1. The Kier molecular flexibility index (Phi) is 6.04. The van der Waals surface area contributed by atoms with Gasteiger partial charge in [-0.2, -0.15) is 0 Å². The van der Waals surface area contributed by atoms with Gasteiger partial charge < -0.3 is 10.1 Å². The van der Waals surface area contributed by atoms with Crippen molar-refractivity contribution >= 4 is 29.1 Å². The van der Waals surface area contributed by atoms with E-state index in [9.17, 15) is 9.18 Å². The Morgan fingerprint density at radius 1 is 1.09 bits per heavy atom. The molecule has 1 N–H and O–H groups in total. The third-order valence-corrected chi connectivity index (χ3v) is 3.51. The predicted molar refractivity (Wildman–Crippen MR) is 85.1 cm³/mol. The molecule has 2 aromatic carbocycles. The van der Waals surface area contributed by atoms with Gasteiger partial charge in [-0.1, -0.05) is 41.4 Å². The van der Waals surface area contributed by atoms with Crippen LogP contribution in [0.3, 0.4) is 0 Å². The second-order valence-electron chi connectivity index (χ2n) is 4.57. The Hall–Kier alpha value is -1.78. The molecule has 0 aliphatic heterocycles. The normalized spacial score (nSPS) is 10.3. The number of amides is 1. The quantitative estimate of drug-likeness (QED) is 0.866. The second kappa shape index (κ2) is 8.01. The first-order valence-corrected chi connectivity index (χ1v) is 7.40. The monoisotopic (exact) mass is 341 g/mol. The number of benzene rings is 2. The van der Waals surface area contributed by atoms with Gasteiger partial charge in [0, 0.05) is 6.54 Å². The molecule has 1 amide bonds. The lowest BCUT2D eigenvalue weighted by atomic mass is 10.1. The van der Waals surface area contributed by atoms with Crippen LogP contribution < -0.4 is 10.1 Å². The third kappa shape index (κ3) is 4.90. The van der Waals surface area contributed by atoms with Crippen LogP contribution in [0, 0.1) is 5.82 Å². The third-order valence-electron chi connectivity index (χ3n) is 2.92. The molecule has 22 heavy (non-hydrogen) atoms. The minimum atomic E-state index is -0.280. The van der Waals surface area contributed by atoms with E-state index in [1.54, 1.807) is 30.3 Å². The molecular weight excluding hydrogens is 328 g/mol. The molecule has 116 valence electrons. The molecule has 0 aliphatic carbocycles. The minimum absolute atomic E-state index is 0.174. The molecule has 6 heteroatoms. The lowest BCUT2D eigenvalue weighted by Crippen LogP contribution is -2.30. The lowest BCUT2D eigenvalue weighted by Gasteiger charge is -2.10. The number of carbonyl (C=O) groups is 1. The van der Waals surface area contributed by atoms with Gasteiger partial charge in [0.2, 0.25) is 0 Å². The van der Waals surface area contributed by atoms with Crippen LogP contribution in [0.2, 0.25) is 10.0 Å². The van der Waals surface area contributed by atoms with E-state index in [2.05, 4.69) is 5.32 Å². The Morgan fingerprint density at radius 2 is 1.73 bits per heavy atom. The van der Waals surface area contributed by atoms with Crippen molar-refractivity contribution in [1.29, 1.82) is 0 Å². The highest BCUT2D eigenvalue weighted by Gasteiger charge is 2.09. The highest BCUT2D eigenvalue weighted by atomic mass is 35.5. The van der Waals surface area contributed by atoms with Crippen LogP contribution in [0.25, 0.3) is 0 Å². The number of hydrogen-bond acceptors (Lipinski definition) is 2. The van der Waals surface area contributed by atoms with Crippen molar-refractivity contribution in [3.05, 3.63) is 63.9 Å². The summed E-state index contributed by atoms with van der Waals surface area (Å²) in [7, 11) is 0. The Morgan fingerprint density at radius 3 is 2.36 bits per heavy atom. The second-order valence-corrected chi connectivity index (χ2v) is 5.38. The average Bonchev–Trinajstić information content (AvgIpc) is 2.49. The van der Waals surface area contributed by atoms with Crippen LogP contribution in [-0.4, -0.2) is 19.1 Å². The number of ether oxygens (including phenoxy) is 1. The molecular formula is C16H14Cl2FNO2. The zero-order chi connectivity index (χ0) is 15.9. The summed E-state index contributed by atoms with van der Waals surface area (Å²) in [5.74, 6) is -0.268. The summed E-state index contributed by atoms with van der Waals surface area (Å²) >= 11 is 11.9. The van der Waals surface area contributed by atoms with E-state index in [1.807, 2.05) is 0 Å². The average molecular weight is 342 g/mol. The van der Waals surface area contributed by atoms with Gasteiger partial charge >= 0.3 is 0 Å². The van der Waals surface area contributed by atoms with Gasteiger partial charge in [0.05, 0.1) is 10.0 Å². The predicted octanol–water partition coefficient (Wildman–Crippen LogP) is 3.87. The lowest BCUT2D eigenvalue weighted by molar-refractivity contribution is -0.123. The molecule has 2 rings (SSSR count). The molecule has 0 saturated heterocycles. The fourth-order valence-electron chi connectivity index (χ4n) is 1.81. The standard InChI is InChI=1S/C16H14Cl2FNO2/c17-13-2-1-3-14(18)16(13)22-10-15(21)20-9-8-11-4-6-12(19)7-5-11/h1-7H,8-10H2,(H,20,21). The first-order valence-electron chi connectivity index (χ1n) is 6.64. The number of nitrogens with one attached hydrogen (secondary N) is 1. The van der Waals surface area contributed by atoms with Crippen molar-refractivity contribution in [2.24, 2.45) is 0 Å². The molecule has 0 aromatic heterocycles. The first-order chi connectivity index (χ1) is 10.6. The van der Waals surface area contributed by atoms with Crippen LogP contribution >= 0.6 is 23.2 Å². The van der Waals surface area contributed by atoms with Gasteiger partial charge in [-0.05, 0) is 36.2 Å². The van der Waals surface area contributed by atoms with Crippen LogP contribution in [0.5, 0.6) is 5.75 Å². The molecule has 0 heterocycles. The molecule has 0 spiro atoms. The Labute approximate surface area is 138 Å². The Balaban J connectivity index is 1.75. The van der Waals surface area contributed by atoms with Crippen LogP contribution in [-0.2, 0) is 11.2 Å². The molecule has 0 atom stereocenters. The summed E-state index contributed by atoms with van der Waals surface area (Å²) in [4.78, 5) is 11.7. The van der Waals surface area contributed by atoms with E-state index >= 15 is 0 Å². The summed E-state index contributed by atoms with van der Waals surface area (Å²) in [6, 6.07) is 11.1. The van der Waals surface area contributed by atoms with Gasteiger partial charge in [-0.25, -0.2) is 4.39 Å². The summed E-state index contributed by atoms with van der Waals surface area (Å²) < 4.78 is 18.1. The van der Waals surface area contributed by atoms with Crippen LogP contribution in [0.15, 0.2) is 42.5 Å². The van der Waals surface area contributed by atoms with Crippen molar-refractivity contribution in [3.8, 4) is 5.75 Å². The van der Waals surface area contributed by atoms with Crippen LogP contribution in [0.1, 0.15) is 5.56 Å². The smallest absolute Gasteiger partial charge is 0.257 e. The van der Waals surface area contributed by atoms with Crippen molar-refractivity contribution in [3.63, 3.8) is 0 Å². The largest absolute Gasteiger partial charge is 0.481 e. The Bertz CT molecular complexity index is 627. The highest BCUT2D eigenvalue weighted by molar-refractivity contribution is 6.37. The van der Waals surface area contributed by atoms with E-state index in [-0.39, 0.29) is 18.3 Å². The van der Waals surface area contributed by atoms with Gasteiger partial charge in [0.15, 0.2) is 12.4 Å². The van der Waals surface area contributed by atoms with Crippen molar-refractivity contribution in [1.82, 2.24) is 5.32 Å². The highest BCUT2D eigenvalue weighted by Crippen LogP contribution is 2.32. The molecule has 0 bridgehead atoms. The molecule has 2 aromatic rings. The summed E-state index contributed by atoms with van der Waals surface area (Å²) in [6.07, 6.45) is 0.610. The van der Waals surface area contributed by atoms with Gasteiger partial charge in [0.25, 0.3) is 5.91 Å². The maximum Gasteiger partial charge on any atom is 0.257 e. The minimum Gasteiger partial charge on any atom is -0.481 e. The number of para-hydroxylation sites is 1. The topological polar surface area (TPSA) is 38.3 Å².